The van der Waals surface area contributed by atoms with E-state index >= 15 is 0 Å². The maximum absolute atomic E-state index is 10.3. The summed E-state index contributed by atoms with van der Waals surface area (Å²) in [6.45, 7) is 6.30. The Morgan fingerprint density at radius 3 is 1.62 bits per heavy atom. The predicted molar refractivity (Wildman–Crippen MR) is 55.8 cm³/mol. The molecule has 84 valence electrons. The zero-order valence-corrected chi connectivity index (χ0v) is 8.36. The summed E-state index contributed by atoms with van der Waals surface area (Å²) < 4.78 is 0. The molecule has 0 saturated carbocycles. The third-order valence-electron chi connectivity index (χ3n) is 1.25. The highest BCUT2D eigenvalue weighted by Crippen LogP contribution is 1.82. The molecule has 0 fully saturated rings. The minimum absolute atomic E-state index is 0.329. The number of carbonyl (C=O) groups is 4. The van der Waals surface area contributed by atoms with Crippen molar-refractivity contribution in [2.75, 3.05) is 0 Å². The summed E-state index contributed by atoms with van der Waals surface area (Å²) in [6.07, 6.45) is 4.42. The Morgan fingerprint density at radius 1 is 1.06 bits per heavy atom. The SMILES string of the molecule is C=CC(=O)NC(=O)C=C.O=C1C=CC(=O)N1. The van der Waals surface area contributed by atoms with Crippen molar-refractivity contribution in [3.8, 4) is 0 Å². The number of rotatable bonds is 2. The molecule has 1 heterocycles. The van der Waals surface area contributed by atoms with Gasteiger partial charge in [-0.05, 0) is 12.2 Å². The van der Waals surface area contributed by atoms with E-state index in [9.17, 15) is 19.2 Å². The van der Waals surface area contributed by atoms with Gasteiger partial charge >= 0.3 is 0 Å². The van der Waals surface area contributed by atoms with Gasteiger partial charge in [0.1, 0.15) is 0 Å². The second-order valence-electron chi connectivity index (χ2n) is 2.45. The first kappa shape index (κ1) is 13.5. The quantitative estimate of drug-likeness (QED) is 0.472. The summed E-state index contributed by atoms with van der Waals surface area (Å²) in [5.41, 5.74) is 0. The molecule has 1 rings (SSSR count). The van der Waals surface area contributed by atoms with Crippen LogP contribution in [0.4, 0.5) is 0 Å². The van der Waals surface area contributed by atoms with Gasteiger partial charge in [-0.2, -0.15) is 0 Å². The number of imide groups is 2. The molecule has 0 bridgehead atoms. The molecule has 0 aliphatic carbocycles. The van der Waals surface area contributed by atoms with Crippen molar-refractivity contribution in [2.24, 2.45) is 0 Å². The molecule has 1 aliphatic heterocycles. The summed E-state index contributed by atoms with van der Waals surface area (Å²) in [6, 6.07) is 0. The Morgan fingerprint density at radius 2 is 1.44 bits per heavy atom. The van der Waals surface area contributed by atoms with Crippen LogP contribution in [0.3, 0.4) is 0 Å². The highest BCUT2D eigenvalue weighted by molar-refractivity contribution is 6.12. The largest absolute Gasteiger partial charge is 0.289 e. The van der Waals surface area contributed by atoms with Crippen LogP contribution in [-0.2, 0) is 19.2 Å². The lowest BCUT2D eigenvalue weighted by Gasteiger charge is -1.91. The molecular weight excluding hydrogens is 212 g/mol. The van der Waals surface area contributed by atoms with Crippen LogP contribution in [0.15, 0.2) is 37.5 Å². The van der Waals surface area contributed by atoms with Gasteiger partial charge in [-0.3, -0.25) is 29.8 Å². The molecule has 2 N–H and O–H groups in total. The molecule has 0 radical (unpaired) electrons. The maximum Gasteiger partial charge on any atom is 0.250 e. The zero-order valence-electron chi connectivity index (χ0n) is 8.36. The van der Waals surface area contributed by atoms with Crippen LogP contribution in [0.1, 0.15) is 0 Å². The molecule has 16 heavy (non-hydrogen) atoms. The summed E-state index contributed by atoms with van der Waals surface area (Å²) >= 11 is 0. The minimum atomic E-state index is -0.514. The van der Waals surface area contributed by atoms with Crippen molar-refractivity contribution in [2.45, 2.75) is 0 Å². The lowest BCUT2D eigenvalue weighted by atomic mass is 10.5. The highest BCUT2D eigenvalue weighted by atomic mass is 16.2. The van der Waals surface area contributed by atoms with Crippen molar-refractivity contribution in [1.82, 2.24) is 10.6 Å². The number of nitrogens with one attached hydrogen (secondary N) is 2. The molecule has 1 aliphatic rings. The van der Waals surface area contributed by atoms with Crippen LogP contribution >= 0.6 is 0 Å². The fraction of sp³-hybridized carbons (Fsp3) is 0. The Hall–Kier alpha value is -2.50. The van der Waals surface area contributed by atoms with E-state index in [0.29, 0.717) is 0 Å². The van der Waals surface area contributed by atoms with Gasteiger partial charge in [0.2, 0.25) is 11.8 Å². The van der Waals surface area contributed by atoms with E-state index in [4.69, 9.17) is 0 Å². The summed E-state index contributed by atoms with van der Waals surface area (Å²) in [5.74, 6) is -1.69. The standard InChI is InChI=1S/C6H7NO2.C4H3NO2/c1-3-5(8)7-6(9)4-2;6-3-1-2-4(7)5-3/h3-4H,1-2H2,(H,7,8,9);1-2H,(H,5,6,7). The minimum Gasteiger partial charge on any atom is -0.289 e. The molecule has 6 heteroatoms. The monoisotopic (exact) mass is 222 g/mol. The van der Waals surface area contributed by atoms with Crippen molar-refractivity contribution in [3.05, 3.63) is 37.5 Å². The van der Waals surface area contributed by atoms with Crippen LogP contribution < -0.4 is 10.6 Å². The average molecular weight is 222 g/mol. The molecule has 0 atom stereocenters. The molecule has 0 aromatic carbocycles. The maximum atomic E-state index is 10.3. The van der Waals surface area contributed by atoms with Gasteiger partial charge in [-0.1, -0.05) is 13.2 Å². The molecule has 0 unspecified atom stereocenters. The van der Waals surface area contributed by atoms with E-state index < -0.39 is 11.8 Å². The Balaban J connectivity index is 0.000000288. The first-order valence-electron chi connectivity index (χ1n) is 4.12. The van der Waals surface area contributed by atoms with Gasteiger partial charge in [0.05, 0.1) is 0 Å². The average Bonchev–Trinajstić information content (AvgIpc) is 2.63. The number of hydrogen-bond acceptors (Lipinski definition) is 4. The van der Waals surface area contributed by atoms with Crippen LogP contribution in [0.25, 0.3) is 0 Å². The van der Waals surface area contributed by atoms with E-state index in [1.165, 1.54) is 12.2 Å². The molecule has 0 aromatic rings. The van der Waals surface area contributed by atoms with Crippen LogP contribution in [0.5, 0.6) is 0 Å². The number of hydrogen-bond donors (Lipinski definition) is 2. The lowest BCUT2D eigenvalue weighted by Crippen LogP contribution is -2.26. The van der Waals surface area contributed by atoms with Crippen molar-refractivity contribution >= 4 is 23.6 Å². The van der Waals surface area contributed by atoms with E-state index in [1.807, 2.05) is 10.6 Å². The Kier molecular flexibility index (Phi) is 5.81. The summed E-state index contributed by atoms with van der Waals surface area (Å²) in [7, 11) is 0. The predicted octanol–water partition coefficient (Wildman–Crippen LogP) is -0.800. The van der Waals surface area contributed by atoms with Gasteiger partial charge in [-0.15, -0.1) is 0 Å². The summed E-state index contributed by atoms with van der Waals surface area (Å²) in [4.78, 5) is 40.6. The molecule has 6 nitrogen and oxygen atoms in total. The Bertz CT molecular complexity index is 348. The number of carbonyl (C=O) groups excluding carboxylic acids is 4. The van der Waals surface area contributed by atoms with Gasteiger partial charge in [-0.25, -0.2) is 0 Å². The smallest absolute Gasteiger partial charge is 0.250 e. The Labute approximate surface area is 91.7 Å². The molecule has 4 amide bonds. The normalized spacial score (nSPS) is 12.0. The first-order chi connectivity index (χ1) is 7.49. The molecule has 0 aromatic heterocycles. The second kappa shape index (κ2) is 6.88. The van der Waals surface area contributed by atoms with E-state index in [2.05, 4.69) is 13.2 Å². The van der Waals surface area contributed by atoms with Crippen molar-refractivity contribution < 1.29 is 19.2 Å². The van der Waals surface area contributed by atoms with Gasteiger partial charge < -0.3 is 0 Å². The highest BCUT2D eigenvalue weighted by Gasteiger charge is 2.06. The molecule has 0 saturated heterocycles. The second-order valence-corrected chi connectivity index (χ2v) is 2.45. The molecular formula is C10H10N2O4. The third-order valence-corrected chi connectivity index (χ3v) is 1.25. The van der Waals surface area contributed by atoms with Crippen LogP contribution in [0, 0.1) is 0 Å². The van der Waals surface area contributed by atoms with Gasteiger partial charge in [0, 0.05) is 12.2 Å². The van der Waals surface area contributed by atoms with Gasteiger partial charge in [0.25, 0.3) is 11.8 Å². The van der Waals surface area contributed by atoms with Crippen molar-refractivity contribution in [1.29, 1.82) is 0 Å². The van der Waals surface area contributed by atoms with Crippen LogP contribution in [-0.4, -0.2) is 23.6 Å². The van der Waals surface area contributed by atoms with E-state index in [0.717, 1.165) is 12.2 Å². The third kappa shape index (κ3) is 6.03. The fourth-order valence-corrected chi connectivity index (χ4v) is 0.580. The van der Waals surface area contributed by atoms with E-state index in [-0.39, 0.29) is 11.8 Å². The number of amides is 4. The topological polar surface area (TPSA) is 92.3 Å². The first-order valence-corrected chi connectivity index (χ1v) is 4.12. The van der Waals surface area contributed by atoms with Gasteiger partial charge in [0.15, 0.2) is 0 Å². The summed E-state index contributed by atoms with van der Waals surface area (Å²) in [5, 5.41) is 3.99. The van der Waals surface area contributed by atoms with Crippen molar-refractivity contribution in [3.63, 3.8) is 0 Å². The van der Waals surface area contributed by atoms with E-state index in [1.54, 1.807) is 0 Å². The molecule has 0 spiro atoms. The zero-order chi connectivity index (χ0) is 12.6. The van der Waals surface area contributed by atoms with Crippen LogP contribution in [0.2, 0.25) is 0 Å². The lowest BCUT2D eigenvalue weighted by molar-refractivity contribution is -0.126. The fourth-order valence-electron chi connectivity index (χ4n) is 0.580.